The van der Waals surface area contributed by atoms with Crippen molar-refractivity contribution in [2.45, 2.75) is 100 Å². The van der Waals surface area contributed by atoms with Gasteiger partial charge in [-0.1, -0.05) is 40.6 Å². The van der Waals surface area contributed by atoms with Gasteiger partial charge in [-0.15, -0.1) is 11.8 Å². The van der Waals surface area contributed by atoms with E-state index < -0.39 is 11.7 Å². The van der Waals surface area contributed by atoms with Gasteiger partial charge in [0.05, 0.1) is 23.8 Å². The zero-order chi connectivity index (χ0) is 30.1. The van der Waals surface area contributed by atoms with Gasteiger partial charge in [0, 0.05) is 42.1 Å². The molecule has 6 aliphatic carbocycles. The van der Waals surface area contributed by atoms with Crippen molar-refractivity contribution >= 4 is 27.3 Å². The summed E-state index contributed by atoms with van der Waals surface area (Å²) in [5, 5.41) is 39.9. The lowest BCUT2D eigenvalue weighted by atomic mass is 9.42. The second-order valence-electron chi connectivity index (χ2n) is 16.1. The molecule has 0 amide bonds. The van der Waals surface area contributed by atoms with Crippen molar-refractivity contribution < 1.29 is 20.1 Å². The maximum absolute atomic E-state index is 13.0. The fraction of sp³-hybridized carbons (Fsp3) is 0.730. The third-order valence-electron chi connectivity index (χ3n) is 15.0. The number of rotatable bonds is 1. The van der Waals surface area contributed by atoms with Gasteiger partial charge in [-0.2, -0.15) is 0 Å². The summed E-state index contributed by atoms with van der Waals surface area (Å²) in [5.74, 6) is 11.0. The Balaban J connectivity index is 1.23. The zero-order valence-corrected chi connectivity index (χ0v) is 27.6. The molecule has 2 heterocycles. The van der Waals surface area contributed by atoms with Crippen molar-refractivity contribution in [2.24, 2.45) is 51.8 Å². The van der Waals surface area contributed by atoms with E-state index in [4.69, 9.17) is 4.74 Å². The minimum Gasteiger partial charge on any atom is -0.512 e. The Morgan fingerprint density at radius 1 is 1.09 bits per heavy atom. The van der Waals surface area contributed by atoms with E-state index in [0.717, 1.165) is 56.4 Å². The average Bonchev–Trinajstić information content (AvgIpc) is 3.59. The van der Waals surface area contributed by atoms with Gasteiger partial charge in [0.15, 0.2) is 0 Å². The van der Waals surface area contributed by atoms with Crippen LogP contribution in [0.1, 0.15) is 70.3 Å². The molecule has 44 heavy (non-hydrogen) atoms. The third kappa shape index (κ3) is 3.43. The average molecular weight is 634 g/mol. The second kappa shape index (κ2) is 9.86. The highest BCUT2D eigenvalue weighted by molar-refractivity contribution is 8.77. The van der Waals surface area contributed by atoms with Crippen molar-refractivity contribution in [2.75, 3.05) is 18.2 Å². The van der Waals surface area contributed by atoms with Crippen LogP contribution in [0.2, 0.25) is 0 Å². The molecule has 5 fully saturated rings. The topological polar surface area (TPSA) is 82.0 Å². The number of hydrogen-bond acceptors (Lipinski definition) is 7. The van der Waals surface area contributed by atoms with Crippen LogP contribution in [0.4, 0.5) is 5.69 Å². The van der Waals surface area contributed by atoms with E-state index in [1.807, 2.05) is 16.9 Å². The van der Waals surface area contributed by atoms with Crippen LogP contribution in [0.25, 0.3) is 0 Å². The van der Waals surface area contributed by atoms with Gasteiger partial charge in [-0.05, 0) is 116 Å². The number of anilines is 1. The molecule has 14 atom stereocenters. The van der Waals surface area contributed by atoms with Crippen molar-refractivity contribution in [1.29, 1.82) is 0 Å². The van der Waals surface area contributed by atoms with Gasteiger partial charge in [0.1, 0.15) is 11.7 Å². The molecule has 236 valence electrons. The summed E-state index contributed by atoms with van der Waals surface area (Å²) in [6.07, 6.45) is 11.3. The maximum Gasteiger partial charge on any atom is 0.111 e. The van der Waals surface area contributed by atoms with Crippen LogP contribution in [0.5, 0.6) is 0 Å². The number of ether oxygens (including phenoxy) is 1. The number of aliphatic hydroxyl groups excluding tert-OH is 2. The predicted molar refractivity (Wildman–Crippen MR) is 177 cm³/mol. The largest absolute Gasteiger partial charge is 0.512 e. The number of methoxy groups -OCH3 is 1. The van der Waals surface area contributed by atoms with Crippen molar-refractivity contribution in [3.63, 3.8) is 0 Å². The van der Waals surface area contributed by atoms with Crippen LogP contribution in [0.3, 0.4) is 0 Å². The molecule has 1 aromatic rings. The Labute approximate surface area is 270 Å². The van der Waals surface area contributed by atoms with E-state index in [1.165, 1.54) is 24.8 Å². The Morgan fingerprint density at radius 2 is 1.95 bits per heavy atom. The highest BCUT2D eigenvalue weighted by Crippen LogP contribution is 2.88. The summed E-state index contributed by atoms with van der Waals surface area (Å²) in [6, 6.07) is 9.05. The molecule has 0 radical (unpaired) electrons. The Hall–Kier alpha value is -1.30. The molecule has 9 bridgehead atoms. The first-order chi connectivity index (χ1) is 21.3. The van der Waals surface area contributed by atoms with Crippen LogP contribution < -0.4 is 5.32 Å². The van der Waals surface area contributed by atoms with Crippen molar-refractivity contribution in [1.82, 2.24) is 0 Å². The number of hydrogen-bond donors (Lipinski definition) is 4. The number of aliphatic hydroxyl groups is 3. The maximum atomic E-state index is 13.0. The lowest BCUT2D eigenvalue weighted by Gasteiger charge is -2.62. The smallest absolute Gasteiger partial charge is 0.111 e. The molecule has 8 aliphatic rings. The van der Waals surface area contributed by atoms with Gasteiger partial charge in [0.25, 0.3) is 0 Å². The molecule has 2 spiro atoms. The van der Waals surface area contributed by atoms with Crippen LogP contribution >= 0.6 is 21.6 Å². The van der Waals surface area contributed by atoms with Crippen molar-refractivity contribution in [3.05, 3.63) is 41.7 Å². The number of benzene rings is 1. The lowest BCUT2D eigenvalue weighted by Crippen LogP contribution is -2.64. The summed E-state index contributed by atoms with van der Waals surface area (Å²) in [7, 11) is 5.77. The minimum atomic E-state index is -1.10. The molecule has 9 rings (SSSR count). The van der Waals surface area contributed by atoms with E-state index >= 15 is 0 Å². The standard InChI is InChI=1S/C37H47NO4S2/c1-34-25-11-13-35-18-23-14-21-6-5-8-26(15-21)38-32-28(39)10-9-22(33(32)44-43-20-24(23)19-35)7-3-4-12-36(34,35)27(16-25)31-29(40)17-30(42-2)37(31,34)41/h5-6,8,15,17,22-25,27-28,30-33,38-41H,7,9-14,16,18-20H2,1-2H3. The number of nitrogens with one attached hydrogen (secondary N) is 1. The van der Waals surface area contributed by atoms with E-state index in [2.05, 4.69) is 59.1 Å². The second-order valence-corrected chi connectivity index (χ2v) is 18.7. The molecule has 5 saturated carbocycles. The molecule has 5 nitrogen and oxygen atoms in total. The molecule has 2 aliphatic heterocycles. The van der Waals surface area contributed by atoms with Crippen LogP contribution in [-0.2, 0) is 11.2 Å². The van der Waals surface area contributed by atoms with E-state index in [1.54, 1.807) is 7.11 Å². The fourth-order valence-corrected chi connectivity index (χ4v) is 17.0. The fourth-order valence-electron chi connectivity index (χ4n) is 13.4. The van der Waals surface area contributed by atoms with Crippen LogP contribution in [-0.4, -0.2) is 57.3 Å². The van der Waals surface area contributed by atoms with E-state index in [0.29, 0.717) is 34.7 Å². The zero-order valence-electron chi connectivity index (χ0n) is 26.0. The predicted octanol–water partition coefficient (Wildman–Crippen LogP) is 6.61. The lowest BCUT2D eigenvalue weighted by molar-refractivity contribution is -0.221. The summed E-state index contributed by atoms with van der Waals surface area (Å²) < 4.78 is 6.02. The van der Waals surface area contributed by atoms with Gasteiger partial charge in [0.2, 0.25) is 0 Å². The summed E-state index contributed by atoms with van der Waals surface area (Å²) in [5.41, 5.74) is 0.987. The molecular formula is C37H47NO4S2. The highest BCUT2D eigenvalue weighted by atomic mass is 33.1. The molecular weight excluding hydrogens is 587 g/mol. The normalized spacial score (nSPS) is 53.1. The Kier molecular flexibility index (Phi) is 6.47. The monoisotopic (exact) mass is 633 g/mol. The van der Waals surface area contributed by atoms with E-state index in [-0.39, 0.29) is 40.2 Å². The van der Waals surface area contributed by atoms with Gasteiger partial charge in [-0.25, -0.2) is 0 Å². The molecule has 7 heteroatoms. The van der Waals surface area contributed by atoms with Gasteiger partial charge in [-0.3, -0.25) is 0 Å². The van der Waals surface area contributed by atoms with Crippen LogP contribution in [0, 0.1) is 63.6 Å². The first-order valence-electron chi connectivity index (χ1n) is 17.2. The third-order valence-corrected chi connectivity index (χ3v) is 18.1. The van der Waals surface area contributed by atoms with Gasteiger partial charge >= 0.3 is 0 Å². The van der Waals surface area contributed by atoms with Crippen LogP contribution in [0.15, 0.2) is 36.1 Å². The van der Waals surface area contributed by atoms with Gasteiger partial charge < -0.3 is 25.4 Å². The first kappa shape index (κ1) is 28.9. The SMILES string of the molecule is COC1C=C(O)C2C3CC4CCC56CC7CSSC8C(CC#CCC35C4(C)C12O)CCC(O)C8Nc1cccc(c1)CC7C6. The molecule has 0 aromatic heterocycles. The minimum absolute atomic E-state index is 0.0134. The Bertz CT molecular complexity index is 1460. The van der Waals surface area contributed by atoms with Crippen molar-refractivity contribution in [3.8, 4) is 11.8 Å². The molecule has 0 saturated heterocycles. The molecule has 4 N–H and O–H groups in total. The summed E-state index contributed by atoms with van der Waals surface area (Å²) >= 11 is 0. The summed E-state index contributed by atoms with van der Waals surface area (Å²) in [4.78, 5) is 0. The quantitative estimate of drug-likeness (QED) is 0.205. The summed E-state index contributed by atoms with van der Waals surface area (Å²) in [6.45, 7) is 2.40. The highest BCUT2D eigenvalue weighted by Gasteiger charge is 2.88. The first-order valence-corrected chi connectivity index (χ1v) is 19.6. The molecule has 14 unspecified atom stereocenters. The molecule has 1 aromatic carbocycles. The van der Waals surface area contributed by atoms with E-state index in [9.17, 15) is 15.3 Å². The Morgan fingerprint density at radius 3 is 2.82 bits per heavy atom. The number of fused-ring (bicyclic) bond motifs is 6.